The maximum atomic E-state index is 4.00. The Morgan fingerprint density at radius 1 is 1.36 bits per heavy atom. The number of hydrogen-bond donors (Lipinski definition) is 1. The van der Waals surface area contributed by atoms with Gasteiger partial charge in [-0.15, -0.1) is 0 Å². The van der Waals surface area contributed by atoms with Crippen molar-refractivity contribution in [1.29, 1.82) is 0 Å². The van der Waals surface area contributed by atoms with Crippen molar-refractivity contribution in [3.63, 3.8) is 0 Å². The molecule has 0 aromatic carbocycles. The molecule has 0 aliphatic heterocycles. The molecule has 0 radical (unpaired) electrons. The minimum absolute atomic E-state index is 0.994. The summed E-state index contributed by atoms with van der Waals surface area (Å²) in [6.07, 6.45) is 3.68. The van der Waals surface area contributed by atoms with Crippen LogP contribution in [0.1, 0.15) is 12.5 Å². The Balaban J connectivity index is 2.23. The number of pyridine rings is 1. The van der Waals surface area contributed by atoms with Crippen LogP contribution in [0, 0.1) is 0 Å². The Kier molecular flexibility index (Phi) is 5.19. The number of nitrogens with one attached hydrogen (secondary N) is 1. The molecule has 0 amide bonds. The largest absolute Gasteiger partial charge is 0.316 e. The molecule has 0 atom stereocenters. The summed E-state index contributed by atoms with van der Waals surface area (Å²) in [4.78, 5) is 6.30. The molecule has 0 aliphatic rings. The quantitative estimate of drug-likeness (QED) is 0.686. The summed E-state index contributed by atoms with van der Waals surface area (Å²) < 4.78 is 0. The van der Waals surface area contributed by atoms with E-state index in [4.69, 9.17) is 0 Å². The average Bonchev–Trinajstić information content (AvgIpc) is 2.20. The van der Waals surface area contributed by atoms with Crippen molar-refractivity contribution in [3.05, 3.63) is 30.1 Å². The lowest BCUT2D eigenvalue weighted by molar-refractivity contribution is 0.325. The highest BCUT2D eigenvalue weighted by Crippen LogP contribution is 1.99. The number of rotatable bonds is 6. The van der Waals surface area contributed by atoms with Gasteiger partial charge in [0.15, 0.2) is 0 Å². The van der Waals surface area contributed by atoms with E-state index in [1.807, 2.05) is 12.4 Å². The highest BCUT2D eigenvalue weighted by Gasteiger charge is 1.98. The van der Waals surface area contributed by atoms with Crippen molar-refractivity contribution in [2.45, 2.75) is 13.5 Å². The lowest BCUT2D eigenvalue weighted by Crippen LogP contribution is -2.28. The lowest BCUT2D eigenvalue weighted by Gasteiger charge is -2.16. The average molecular weight is 193 g/mol. The first-order chi connectivity index (χ1) is 6.83. The first-order valence-electron chi connectivity index (χ1n) is 5.11. The molecular formula is C11H19N3. The lowest BCUT2D eigenvalue weighted by atomic mass is 10.2. The van der Waals surface area contributed by atoms with E-state index in [9.17, 15) is 0 Å². The van der Waals surface area contributed by atoms with Crippen LogP contribution in [0.2, 0.25) is 0 Å². The minimum atomic E-state index is 0.994. The highest BCUT2D eigenvalue weighted by molar-refractivity contribution is 5.09. The van der Waals surface area contributed by atoms with Crippen molar-refractivity contribution in [2.24, 2.45) is 0 Å². The smallest absolute Gasteiger partial charge is 0.0271 e. The van der Waals surface area contributed by atoms with Gasteiger partial charge in [0, 0.05) is 32.0 Å². The monoisotopic (exact) mass is 193 g/mol. The predicted octanol–water partition coefficient (Wildman–Crippen LogP) is 1.12. The Labute approximate surface area is 86.2 Å². The van der Waals surface area contributed by atoms with E-state index in [1.54, 1.807) is 0 Å². The molecule has 0 fully saturated rings. The molecule has 78 valence electrons. The summed E-state index contributed by atoms with van der Waals surface area (Å²) in [5.74, 6) is 0. The van der Waals surface area contributed by atoms with Gasteiger partial charge in [0.2, 0.25) is 0 Å². The maximum Gasteiger partial charge on any atom is 0.0271 e. The second-order valence-corrected chi connectivity index (χ2v) is 3.45. The molecule has 0 spiro atoms. The first-order valence-corrected chi connectivity index (χ1v) is 5.11. The number of likely N-dealkylation sites (N-methyl/N-ethyl adjacent to an activating group) is 2. The summed E-state index contributed by atoms with van der Waals surface area (Å²) in [5, 5.41) is 3.31. The molecule has 0 bridgehead atoms. The van der Waals surface area contributed by atoms with E-state index in [0.717, 1.165) is 26.2 Å². The Morgan fingerprint density at radius 3 is 2.71 bits per heavy atom. The zero-order chi connectivity index (χ0) is 10.2. The van der Waals surface area contributed by atoms with Gasteiger partial charge in [-0.25, -0.2) is 0 Å². The van der Waals surface area contributed by atoms with E-state index in [2.05, 4.69) is 41.3 Å². The fourth-order valence-electron chi connectivity index (χ4n) is 1.33. The van der Waals surface area contributed by atoms with E-state index < -0.39 is 0 Å². The summed E-state index contributed by atoms with van der Waals surface area (Å²) in [7, 11) is 2.14. The third-order valence-electron chi connectivity index (χ3n) is 2.12. The normalized spacial score (nSPS) is 10.8. The van der Waals surface area contributed by atoms with Gasteiger partial charge in [0.05, 0.1) is 0 Å². The molecule has 0 aliphatic carbocycles. The molecule has 0 unspecified atom stereocenters. The van der Waals surface area contributed by atoms with Crippen LogP contribution in [-0.2, 0) is 6.54 Å². The fraction of sp³-hybridized carbons (Fsp3) is 0.545. The van der Waals surface area contributed by atoms with Gasteiger partial charge in [0.1, 0.15) is 0 Å². The number of aromatic nitrogens is 1. The van der Waals surface area contributed by atoms with E-state index in [0.29, 0.717) is 0 Å². The molecule has 1 aromatic rings. The topological polar surface area (TPSA) is 28.2 Å². The summed E-state index contributed by atoms with van der Waals surface area (Å²) in [6.45, 7) is 6.30. The fourth-order valence-corrected chi connectivity index (χ4v) is 1.33. The van der Waals surface area contributed by atoms with Crippen molar-refractivity contribution in [2.75, 3.05) is 26.7 Å². The molecule has 0 saturated heterocycles. The summed E-state index contributed by atoms with van der Waals surface area (Å²) in [5.41, 5.74) is 1.32. The van der Waals surface area contributed by atoms with Gasteiger partial charge < -0.3 is 10.2 Å². The summed E-state index contributed by atoms with van der Waals surface area (Å²) >= 11 is 0. The third-order valence-corrected chi connectivity index (χ3v) is 2.12. The number of hydrogen-bond acceptors (Lipinski definition) is 3. The maximum absolute atomic E-state index is 4.00. The summed E-state index contributed by atoms with van der Waals surface area (Å²) in [6, 6.07) is 4.12. The van der Waals surface area contributed by atoms with Gasteiger partial charge in [-0.2, -0.15) is 0 Å². The van der Waals surface area contributed by atoms with Crippen molar-refractivity contribution >= 4 is 0 Å². The highest BCUT2D eigenvalue weighted by atomic mass is 15.1. The van der Waals surface area contributed by atoms with Crippen LogP contribution >= 0.6 is 0 Å². The van der Waals surface area contributed by atoms with Crippen LogP contribution in [0.25, 0.3) is 0 Å². The Hall–Kier alpha value is -0.930. The molecule has 1 aromatic heterocycles. The van der Waals surface area contributed by atoms with Crippen molar-refractivity contribution < 1.29 is 0 Å². The van der Waals surface area contributed by atoms with Crippen molar-refractivity contribution in [3.8, 4) is 0 Å². The molecule has 1 heterocycles. The molecular weight excluding hydrogens is 174 g/mol. The second kappa shape index (κ2) is 6.51. The van der Waals surface area contributed by atoms with E-state index in [-0.39, 0.29) is 0 Å². The van der Waals surface area contributed by atoms with Crippen LogP contribution in [-0.4, -0.2) is 36.6 Å². The molecule has 1 N–H and O–H groups in total. The molecule has 0 saturated carbocycles. The molecule has 1 rings (SSSR count). The van der Waals surface area contributed by atoms with Gasteiger partial charge in [-0.3, -0.25) is 4.98 Å². The first kappa shape index (κ1) is 11.1. The van der Waals surface area contributed by atoms with Crippen LogP contribution < -0.4 is 5.32 Å². The van der Waals surface area contributed by atoms with E-state index >= 15 is 0 Å². The van der Waals surface area contributed by atoms with Crippen LogP contribution in [0.5, 0.6) is 0 Å². The zero-order valence-electron chi connectivity index (χ0n) is 9.03. The zero-order valence-corrected chi connectivity index (χ0v) is 9.03. The SMILES string of the molecule is CCNCCN(C)Cc1ccncc1. The molecule has 14 heavy (non-hydrogen) atoms. The molecule has 3 heteroatoms. The van der Waals surface area contributed by atoms with E-state index in [1.165, 1.54) is 5.56 Å². The van der Waals surface area contributed by atoms with Gasteiger partial charge in [-0.05, 0) is 31.3 Å². The van der Waals surface area contributed by atoms with Crippen LogP contribution in [0.3, 0.4) is 0 Å². The second-order valence-electron chi connectivity index (χ2n) is 3.45. The Morgan fingerprint density at radius 2 is 2.07 bits per heavy atom. The Bertz CT molecular complexity index is 236. The van der Waals surface area contributed by atoms with Crippen molar-refractivity contribution in [1.82, 2.24) is 15.2 Å². The van der Waals surface area contributed by atoms with Gasteiger partial charge in [-0.1, -0.05) is 6.92 Å². The van der Waals surface area contributed by atoms with Crippen LogP contribution in [0.4, 0.5) is 0 Å². The predicted molar refractivity (Wildman–Crippen MR) is 59.1 cm³/mol. The van der Waals surface area contributed by atoms with Crippen LogP contribution in [0.15, 0.2) is 24.5 Å². The van der Waals surface area contributed by atoms with Gasteiger partial charge in [0.25, 0.3) is 0 Å². The third kappa shape index (κ3) is 4.35. The molecule has 3 nitrogen and oxygen atoms in total. The number of nitrogens with zero attached hydrogens (tertiary/aromatic N) is 2. The minimum Gasteiger partial charge on any atom is -0.316 e. The van der Waals surface area contributed by atoms with Gasteiger partial charge >= 0.3 is 0 Å². The standard InChI is InChI=1S/C11H19N3/c1-3-12-8-9-14(2)10-11-4-6-13-7-5-11/h4-7,12H,3,8-10H2,1-2H3.